The summed E-state index contributed by atoms with van der Waals surface area (Å²) in [4.78, 5) is 81.1. The molecule has 0 aliphatic rings. The van der Waals surface area contributed by atoms with Crippen molar-refractivity contribution in [1.29, 1.82) is 0 Å². The predicted octanol–water partition coefficient (Wildman–Crippen LogP) is 3.81. The molecule has 3 aromatic carbocycles. The van der Waals surface area contributed by atoms with Crippen molar-refractivity contribution in [3.8, 4) is 0 Å². The van der Waals surface area contributed by atoms with E-state index < -0.39 is 71.5 Å². The second kappa shape index (κ2) is 23.5. The normalized spacial score (nSPS) is 13.8. The lowest BCUT2D eigenvalue weighted by molar-refractivity contribution is -0.142. The fourth-order valence-corrected chi connectivity index (χ4v) is 6.17. The first-order valence-electron chi connectivity index (χ1n) is 19.8. The van der Waals surface area contributed by atoms with E-state index in [2.05, 4.69) is 26.6 Å². The van der Waals surface area contributed by atoms with E-state index in [1.54, 1.807) is 69.3 Å². The van der Waals surface area contributed by atoms with Crippen LogP contribution in [0, 0.1) is 5.92 Å². The maximum Gasteiger partial charge on any atom is 0.408 e. The van der Waals surface area contributed by atoms with Crippen LogP contribution < -0.4 is 32.3 Å². The predicted molar refractivity (Wildman–Crippen MR) is 221 cm³/mol. The van der Waals surface area contributed by atoms with Crippen LogP contribution in [-0.2, 0) is 48.0 Å². The third-order valence-electron chi connectivity index (χ3n) is 9.02. The first kappa shape index (κ1) is 46.6. The van der Waals surface area contributed by atoms with Gasteiger partial charge in [0.1, 0.15) is 35.8 Å². The molecule has 5 amide bonds. The van der Waals surface area contributed by atoms with Gasteiger partial charge >= 0.3 is 12.1 Å². The summed E-state index contributed by atoms with van der Waals surface area (Å²) in [5.74, 6) is -3.94. The summed E-state index contributed by atoms with van der Waals surface area (Å²) in [7, 11) is 0. The van der Waals surface area contributed by atoms with E-state index >= 15 is 0 Å². The van der Waals surface area contributed by atoms with Crippen LogP contribution in [0.2, 0.25) is 0 Å². The molecule has 5 atom stereocenters. The van der Waals surface area contributed by atoms with Gasteiger partial charge in [-0.25, -0.2) is 9.59 Å². The van der Waals surface area contributed by atoms with Gasteiger partial charge in [0.05, 0.1) is 0 Å². The highest BCUT2D eigenvalue weighted by Crippen LogP contribution is 2.13. The molecular formula is C44H60N6O8. The Bertz CT molecular complexity index is 1770. The van der Waals surface area contributed by atoms with E-state index in [1.807, 2.05) is 56.3 Å². The molecule has 3 rings (SSSR count). The van der Waals surface area contributed by atoms with Gasteiger partial charge < -0.3 is 42.2 Å². The lowest BCUT2D eigenvalue weighted by Gasteiger charge is -2.28. The van der Waals surface area contributed by atoms with Crippen LogP contribution in [-0.4, -0.2) is 83.2 Å². The van der Waals surface area contributed by atoms with Gasteiger partial charge in [0.25, 0.3) is 0 Å². The van der Waals surface area contributed by atoms with Gasteiger partial charge in [0, 0.05) is 19.3 Å². The largest absolute Gasteiger partial charge is 0.480 e. The molecule has 0 unspecified atom stereocenters. The molecule has 0 heterocycles. The van der Waals surface area contributed by atoms with Gasteiger partial charge in [0.2, 0.25) is 23.6 Å². The number of hydrogen-bond acceptors (Lipinski definition) is 8. The van der Waals surface area contributed by atoms with Crippen LogP contribution >= 0.6 is 0 Å². The highest BCUT2D eigenvalue weighted by atomic mass is 16.6. The Labute approximate surface area is 341 Å². The van der Waals surface area contributed by atoms with Gasteiger partial charge in [0.15, 0.2) is 0 Å². The minimum atomic E-state index is -1.22. The number of carbonyl (C=O) groups excluding carboxylic acids is 5. The molecule has 0 aliphatic carbocycles. The van der Waals surface area contributed by atoms with Gasteiger partial charge in [-0.15, -0.1) is 0 Å². The number of carboxylic acids is 1. The minimum Gasteiger partial charge on any atom is -0.480 e. The number of unbranched alkanes of at least 4 members (excludes halogenated alkanes) is 1. The van der Waals surface area contributed by atoms with Gasteiger partial charge in [-0.1, -0.05) is 105 Å². The molecule has 14 nitrogen and oxygen atoms in total. The molecule has 0 saturated heterocycles. The lowest BCUT2D eigenvalue weighted by atomic mass is 9.99. The number of carboxylic acid groups (broad SMARTS) is 1. The maximum atomic E-state index is 14.4. The van der Waals surface area contributed by atoms with Crippen LogP contribution in [0.25, 0.3) is 0 Å². The number of benzene rings is 3. The highest BCUT2D eigenvalue weighted by molar-refractivity contribution is 5.96. The monoisotopic (exact) mass is 800 g/mol. The standard InChI is InChI=1S/C44H60N6O8/c1-29(2)25-34(38(51)46-33(42(55)56)23-15-16-24-45)47-39(52)35(26-30-17-9-6-10-18-30)48-40(53)36(27-31-19-11-7-12-20-31)49-41(54)37(28-32-21-13-8-14-22-32)50-43(57)58-44(3,4)5/h6-14,17-22,29,33-37H,15-16,23-28,45H2,1-5H3,(H,46,51)(H,47,52)(H,48,53)(H,49,54)(H,50,57)(H,55,56)/t33-,34-,35-,36-,37-/m1/s1. The molecule has 8 N–H and O–H groups in total. The Kier molecular flexibility index (Phi) is 18.9. The van der Waals surface area contributed by atoms with E-state index in [-0.39, 0.29) is 38.0 Å². The molecule has 0 bridgehead atoms. The van der Waals surface area contributed by atoms with E-state index in [4.69, 9.17) is 10.5 Å². The smallest absolute Gasteiger partial charge is 0.408 e. The molecule has 314 valence electrons. The number of nitrogens with two attached hydrogens (primary N) is 1. The van der Waals surface area contributed by atoms with Crippen molar-refractivity contribution >= 4 is 35.7 Å². The Hall–Kier alpha value is -5.76. The molecule has 0 spiro atoms. The number of aliphatic carboxylic acids is 1. The van der Waals surface area contributed by atoms with Gasteiger partial charge in [-0.05, 0) is 75.6 Å². The topological polar surface area (TPSA) is 218 Å². The zero-order chi connectivity index (χ0) is 42.7. The van der Waals surface area contributed by atoms with Crippen molar-refractivity contribution in [3.05, 3.63) is 108 Å². The number of carbonyl (C=O) groups is 6. The van der Waals surface area contributed by atoms with Crippen molar-refractivity contribution in [2.45, 2.75) is 115 Å². The van der Waals surface area contributed by atoms with Crippen molar-refractivity contribution in [3.63, 3.8) is 0 Å². The Balaban J connectivity index is 1.93. The Morgan fingerprint density at radius 3 is 1.29 bits per heavy atom. The molecule has 0 aliphatic heterocycles. The third-order valence-corrected chi connectivity index (χ3v) is 9.02. The van der Waals surface area contributed by atoms with Crippen molar-refractivity contribution in [1.82, 2.24) is 26.6 Å². The molecule has 0 radical (unpaired) electrons. The van der Waals surface area contributed by atoms with Crippen LogP contribution in [0.15, 0.2) is 91.0 Å². The van der Waals surface area contributed by atoms with E-state index in [9.17, 15) is 33.9 Å². The molecule has 14 heteroatoms. The zero-order valence-electron chi connectivity index (χ0n) is 34.2. The summed E-state index contributed by atoms with van der Waals surface area (Å²) in [6.07, 6.45) is 0.810. The Morgan fingerprint density at radius 2 is 0.931 bits per heavy atom. The maximum absolute atomic E-state index is 14.4. The van der Waals surface area contributed by atoms with Crippen molar-refractivity contribution in [2.24, 2.45) is 11.7 Å². The second-order valence-corrected chi connectivity index (χ2v) is 15.8. The second-order valence-electron chi connectivity index (χ2n) is 15.8. The number of hydrogen-bond donors (Lipinski definition) is 7. The first-order valence-corrected chi connectivity index (χ1v) is 19.8. The van der Waals surface area contributed by atoms with E-state index in [1.165, 1.54) is 0 Å². The lowest BCUT2D eigenvalue weighted by Crippen LogP contribution is -2.60. The molecule has 3 aromatic rings. The minimum absolute atomic E-state index is 0.0358. The average Bonchev–Trinajstić information content (AvgIpc) is 3.16. The Morgan fingerprint density at radius 1 is 0.569 bits per heavy atom. The van der Waals surface area contributed by atoms with Crippen LogP contribution in [0.4, 0.5) is 4.79 Å². The number of alkyl carbamates (subject to hydrolysis) is 1. The fraction of sp³-hybridized carbons (Fsp3) is 0.455. The fourth-order valence-electron chi connectivity index (χ4n) is 6.17. The van der Waals surface area contributed by atoms with Crippen LogP contribution in [0.5, 0.6) is 0 Å². The SMILES string of the molecule is CC(C)C[C@@H](NC(=O)[C@@H](Cc1ccccc1)NC(=O)[C@@H](Cc1ccccc1)NC(=O)[C@@H](Cc1ccccc1)NC(=O)OC(C)(C)C)C(=O)N[C@H](CCCCN)C(=O)O. The number of amides is 5. The van der Waals surface area contributed by atoms with E-state index in [0.717, 1.165) is 11.1 Å². The summed E-state index contributed by atoms with van der Waals surface area (Å²) in [5.41, 5.74) is 6.93. The summed E-state index contributed by atoms with van der Waals surface area (Å²) in [6, 6.07) is 21.2. The van der Waals surface area contributed by atoms with E-state index in [0.29, 0.717) is 24.9 Å². The number of ether oxygens (including phenoxy) is 1. The molecule has 58 heavy (non-hydrogen) atoms. The number of rotatable bonds is 22. The summed E-state index contributed by atoms with van der Waals surface area (Å²) >= 11 is 0. The van der Waals surface area contributed by atoms with Gasteiger partial charge in [-0.3, -0.25) is 19.2 Å². The summed E-state index contributed by atoms with van der Waals surface area (Å²) in [5, 5.41) is 23.4. The number of nitrogens with one attached hydrogen (secondary N) is 5. The van der Waals surface area contributed by atoms with Gasteiger partial charge in [-0.2, -0.15) is 0 Å². The molecule has 0 aromatic heterocycles. The first-order chi connectivity index (χ1) is 27.5. The van der Waals surface area contributed by atoms with Crippen LogP contribution in [0.3, 0.4) is 0 Å². The third kappa shape index (κ3) is 17.2. The highest BCUT2D eigenvalue weighted by Gasteiger charge is 2.33. The zero-order valence-corrected chi connectivity index (χ0v) is 34.2. The average molecular weight is 801 g/mol. The summed E-state index contributed by atoms with van der Waals surface area (Å²) < 4.78 is 5.45. The molecule has 0 saturated carbocycles. The quantitative estimate of drug-likeness (QED) is 0.0735. The molecule has 0 fully saturated rings. The van der Waals surface area contributed by atoms with Crippen molar-refractivity contribution in [2.75, 3.05) is 6.54 Å². The van der Waals surface area contributed by atoms with Crippen molar-refractivity contribution < 1.29 is 38.6 Å². The summed E-state index contributed by atoms with van der Waals surface area (Å²) in [6.45, 7) is 9.23. The van der Waals surface area contributed by atoms with Crippen LogP contribution in [0.1, 0.15) is 77.0 Å². The molecular weight excluding hydrogens is 741 g/mol.